The molecule has 20 atom stereocenters. The van der Waals surface area contributed by atoms with Crippen LogP contribution in [0.2, 0.25) is 0 Å². The molecule has 15 heteroatoms. The number of rotatable bonds is 7. The molecule has 20 unspecified atom stereocenters. The molecule has 324 valence electrons. The summed E-state index contributed by atoms with van der Waals surface area (Å²) in [5, 5.41) is 94.3. The van der Waals surface area contributed by atoms with E-state index in [2.05, 4.69) is 47.6 Å². The first-order valence-corrected chi connectivity index (χ1v) is 21.1. The summed E-state index contributed by atoms with van der Waals surface area (Å²) < 4.78 is 23.7. The number of aliphatic hydroxyl groups is 8. The normalized spacial score (nSPS) is 53.3. The number of ether oxygens (including phenoxy) is 4. The second-order valence-electron chi connectivity index (χ2n) is 20.0. The van der Waals surface area contributed by atoms with Crippen LogP contribution in [0.15, 0.2) is 11.6 Å². The number of aliphatic hydroxyl groups excluding tert-OH is 8. The van der Waals surface area contributed by atoms with Crippen LogP contribution in [-0.4, -0.2) is 139 Å². The Bertz CT molecular complexity index is 1570. The maximum atomic E-state index is 14.6. The van der Waals surface area contributed by atoms with Crippen LogP contribution in [0.25, 0.3) is 0 Å². The van der Waals surface area contributed by atoms with Gasteiger partial charge in [-0.15, -0.1) is 0 Å². The lowest BCUT2D eigenvalue weighted by molar-refractivity contribution is -0.330. The van der Waals surface area contributed by atoms with Gasteiger partial charge in [0.05, 0.1) is 30.1 Å². The van der Waals surface area contributed by atoms with Crippen molar-refractivity contribution in [2.45, 2.75) is 167 Å². The first kappa shape index (κ1) is 43.3. The summed E-state index contributed by atoms with van der Waals surface area (Å²) in [4.78, 5) is 28.8. The monoisotopic (exact) mass is 810 g/mol. The van der Waals surface area contributed by atoms with Crippen molar-refractivity contribution < 1.29 is 74.5 Å². The van der Waals surface area contributed by atoms with Gasteiger partial charge in [-0.3, -0.25) is 9.59 Å². The van der Waals surface area contributed by atoms with Crippen LogP contribution in [0, 0.1) is 56.7 Å². The molecule has 2 aliphatic heterocycles. The van der Waals surface area contributed by atoms with Crippen molar-refractivity contribution in [3.05, 3.63) is 11.6 Å². The topological polar surface area (TPSA) is 253 Å². The van der Waals surface area contributed by atoms with Gasteiger partial charge in [-0.1, -0.05) is 53.2 Å². The van der Waals surface area contributed by atoms with Gasteiger partial charge in [0.1, 0.15) is 48.8 Å². The van der Waals surface area contributed by atoms with Crippen LogP contribution < -0.4 is 0 Å². The fraction of sp³-hybridized carbons (Fsp3) is 0.905. The number of fused-ring (bicyclic) bond motifs is 7. The fourth-order valence-corrected chi connectivity index (χ4v) is 13.9. The van der Waals surface area contributed by atoms with Gasteiger partial charge in [-0.05, 0) is 104 Å². The predicted octanol–water partition coefficient (Wildman–Crippen LogP) is 1.24. The molecule has 0 bridgehead atoms. The molecular weight excluding hydrogens is 744 g/mol. The quantitative estimate of drug-likeness (QED) is 0.0997. The molecule has 0 aromatic carbocycles. The summed E-state index contributed by atoms with van der Waals surface area (Å²) >= 11 is 0. The van der Waals surface area contributed by atoms with Gasteiger partial charge in [0, 0.05) is 0 Å². The largest absolute Gasteiger partial charge is 0.481 e. The number of carboxylic acids is 1. The number of allylic oxidation sites excluding steroid dienone is 1. The molecule has 0 aromatic heterocycles. The number of carbonyl (C=O) groups is 2. The molecule has 9 N–H and O–H groups in total. The summed E-state index contributed by atoms with van der Waals surface area (Å²) in [5.74, 6) is -1.90. The highest BCUT2D eigenvalue weighted by Gasteiger charge is 2.74. The van der Waals surface area contributed by atoms with Crippen LogP contribution in [-0.2, 0) is 28.5 Å². The average molecular weight is 811 g/mol. The maximum Gasteiger partial charge on any atom is 0.315 e. The molecule has 7 rings (SSSR count). The average Bonchev–Trinajstić information content (AvgIpc) is 3.16. The molecule has 4 saturated carbocycles. The van der Waals surface area contributed by atoms with E-state index in [4.69, 9.17) is 18.9 Å². The van der Waals surface area contributed by atoms with Crippen LogP contribution >= 0.6 is 0 Å². The maximum absolute atomic E-state index is 14.6. The van der Waals surface area contributed by atoms with Crippen molar-refractivity contribution in [1.29, 1.82) is 0 Å². The Kier molecular flexibility index (Phi) is 11.4. The van der Waals surface area contributed by atoms with Crippen LogP contribution in [0.4, 0.5) is 0 Å². The molecular formula is C42H66O15. The minimum absolute atomic E-state index is 0.0408. The van der Waals surface area contributed by atoms with E-state index in [0.29, 0.717) is 44.9 Å². The number of hydrogen-bond acceptors (Lipinski definition) is 14. The Morgan fingerprint density at radius 1 is 0.737 bits per heavy atom. The van der Waals surface area contributed by atoms with E-state index in [1.165, 1.54) is 0 Å². The van der Waals surface area contributed by atoms with Gasteiger partial charge in [0.15, 0.2) is 6.29 Å². The molecule has 15 nitrogen and oxygen atoms in total. The molecule has 2 heterocycles. The first-order chi connectivity index (χ1) is 26.7. The highest BCUT2D eigenvalue weighted by molar-refractivity contribution is 5.85. The Labute approximate surface area is 334 Å². The molecule has 0 spiro atoms. The van der Waals surface area contributed by atoms with Crippen LogP contribution in [0.3, 0.4) is 0 Å². The lowest BCUT2D eigenvalue weighted by atomic mass is 9.33. The summed E-state index contributed by atoms with van der Waals surface area (Å²) in [6, 6.07) is 0. The van der Waals surface area contributed by atoms with Gasteiger partial charge in [-0.25, -0.2) is 0 Å². The van der Waals surface area contributed by atoms with Crippen LogP contribution in [0.1, 0.15) is 99.3 Å². The zero-order valence-electron chi connectivity index (χ0n) is 34.1. The molecule has 0 radical (unpaired) electrons. The minimum atomic E-state index is -1.75. The molecule has 7 aliphatic rings. The van der Waals surface area contributed by atoms with Crippen molar-refractivity contribution in [2.75, 3.05) is 13.2 Å². The van der Waals surface area contributed by atoms with Gasteiger partial charge >= 0.3 is 11.9 Å². The first-order valence-electron chi connectivity index (χ1n) is 21.1. The molecule has 0 amide bonds. The van der Waals surface area contributed by atoms with Gasteiger partial charge in [-0.2, -0.15) is 0 Å². The van der Waals surface area contributed by atoms with Gasteiger partial charge in [0.25, 0.3) is 0 Å². The number of aliphatic carboxylic acids is 1. The van der Waals surface area contributed by atoms with Gasteiger partial charge in [0.2, 0.25) is 6.29 Å². The minimum Gasteiger partial charge on any atom is -0.481 e. The SMILES string of the molecule is CC1CCC2(C(=O)OC3OC(CO)C(O)C(O)C3O)CCC3(C(=O)O)C(=CCC4C5(C)CCC(OC6OC(CO)C(O)C(O)C6O)C(C)(C)C5CCC43C)C2C1C. The van der Waals surface area contributed by atoms with E-state index in [1.807, 2.05) is 0 Å². The van der Waals surface area contributed by atoms with Crippen LogP contribution in [0.5, 0.6) is 0 Å². The number of carboxylic acid groups (broad SMARTS) is 1. The van der Waals surface area contributed by atoms with E-state index < -0.39 is 120 Å². The number of carbonyl (C=O) groups excluding carboxylic acids is 1. The standard InChI is InChI=1S/C42H66O15/c1-19-9-14-41(37(53)57-35-33(50)31(48)29(46)23(18-44)55-35)15-16-42(36(51)52)21(27(41)20(19)2)7-8-25-39(5)12-11-26(38(3,4)24(39)10-13-40(25,42)6)56-34-32(49)30(47)28(45)22(17-43)54-34/h7,19-20,22-35,43-50H,8-18H2,1-6H3,(H,51,52). The molecule has 0 aromatic rings. The zero-order valence-corrected chi connectivity index (χ0v) is 34.1. The van der Waals surface area contributed by atoms with Crippen molar-refractivity contribution in [3.8, 4) is 0 Å². The summed E-state index contributed by atoms with van der Waals surface area (Å²) in [5.41, 5.74) is -3.12. The van der Waals surface area contributed by atoms with Gasteiger partial charge < -0.3 is 64.9 Å². The van der Waals surface area contributed by atoms with E-state index in [-0.39, 0.29) is 41.9 Å². The third kappa shape index (κ3) is 6.14. The highest BCUT2D eigenvalue weighted by atomic mass is 16.7. The lowest BCUT2D eigenvalue weighted by Gasteiger charge is -2.70. The fourth-order valence-electron chi connectivity index (χ4n) is 13.9. The summed E-state index contributed by atoms with van der Waals surface area (Å²) in [7, 11) is 0. The Hall–Kier alpha value is -1.76. The molecule has 57 heavy (non-hydrogen) atoms. The van der Waals surface area contributed by atoms with Crippen molar-refractivity contribution in [3.63, 3.8) is 0 Å². The zero-order chi connectivity index (χ0) is 41.8. The second-order valence-corrected chi connectivity index (χ2v) is 20.0. The van der Waals surface area contributed by atoms with E-state index in [0.717, 1.165) is 5.57 Å². The summed E-state index contributed by atoms with van der Waals surface area (Å²) in [6.45, 7) is 11.7. The Morgan fingerprint density at radius 2 is 1.33 bits per heavy atom. The lowest BCUT2D eigenvalue weighted by Crippen LogP contribution is -2.68. The third-order valence-electron chi connectivity index (χ3n) is 17.4. The number of hydrogen-bond donors (Lipinski definition) is 9. The number of esters is 1. The Morgan fingerprint density at radius 3 is 1.93 bits per heavy atom. The molecule has 5 aliphatic carbocycles. The smallest absolute Gasteiger partial charge is 0.315 e. The van der Waals surface area contributed by atoms with Crippen molar-refractivity contribution in [2.24, 2.45) is 56.7 Å². The van der Waals surface area contributed by atoms with E-state index in [9.17, 15) is 55.5 Å². The third-order valence-corrected chi connectivity index (χ3v) is 17.4. The molecule has 6 fully saturated rings. The summed E-state index contributed by atoms with van der Waals surface area (Å²) in [6.07, 6.45) is -8.38. The Balaban J connectivity index is 1.20. The predicted molar refractivity (Wildman–Crippen MR) is 199 cm³/mol. The second kappa shape index (κ2) is 15.0. The van der Waals surface area contributed by atoms with Crippen molar-refractivity contribution >= 4 is 11.9 Å². The van der Waals surface area contributed by atoms with Crippen molar-refractivity contribution in [1.82, 2.24) is 0 Å². The molecule has 2 saturated heterocycles. The highest BCUT2D eigenvalue weighted by Crippen LogP contribution is 2.76. The van der Waals surface area contributed by atoms with E-state index in [1.54, 1.807) is 0 Å². The van der Waals surface area contributed by atoms with E-state index >= 15 is 0 Å².